The molecule has 1 unspecified atom stereocenters. The third-order valence-electron chi connectivity index (χ3n) is 5.34. The number of carboxylic acids is 1. The zero-order valence-corrected chi connectivity index (χ0v) is 24.2. The molecule has 0 amide bonds. The minimum atomic E-state index is -1.15. The third-order valence-corrected chi connectivity index (χ3v) is 5.34. The van der Waals surface area contributed by atoms with Crippen LogP contribution in [0.25, 0.3) is 0 Å². The van der Waals surface area contributed by atoms with Crippen molar-refractivity contribution in [3.8, 4) is 11.5 Å². The fraction of sp³-hybridized carbons (Fsp3) is 0.643. The number of carbonyl (C=O) groups is 4. The first-order valence-corrected chi connectivity index (χ1v) is 13.5. The Hall–Kier alpha value is -3.54. The summed E-state index contributed by atoms with van der Waals surface area (Å²) in [6, 6.07) is 3.23. The van der Waals surface area contributed by atoms with Crippen molar-refractivity contribution in [2.45, 2.75) is 79.4 Å². The van der Waals surface area contributed by atoms with E-state index in [9.17, 15) is 24.3 Å². The number of aliphatic carboxylic acids is 1. The van der Waals surface area contributed by atoms with Gasteiger partial charge in [0.05, 0.1) is 19.8 Å². The quantitative estimate of drug-likeness (QED) is 0.141. The molecule has 0 spiro atoms. The Kier molecular flexibility index (Phi) is 16.1. The lowest BCUT2D eigenvalue weighted by molar-refractivity contribution is -0.139. The second-order valence-corrected chi connectivity index (χ2v) is 10.1. The van der Waals surface area contributed by atoms with Gasteiger partial charge in [-0.25, -0.2) is 14.4 Å². The van der Waals surface area contributed by atoms with Crippen molar-refractivity contribution in [1.29, 1.82) is 0 Å². The Balaban J connectivity index is 2.95. The molecule has 226 valence electrons. The highest BCUT2D eigenvalue weighted by atomic mass is 16.7. The van der Waals surface area contributed by atoms with Crippen molar-refractivity contribution in [1.82, 2.24) is 5.32 Å². The molecule has 40 heavy (non-hydrogen) atoms. The summed E-state index contributed by atoms with van der Waals surface area (Å²) in [5.74, 6) is -0.734. The van der Waals surface area contributed by atoms with Crippen LogP contribution in [0, 0.1) is 11.8 Å². The number of ether oxygens (including phenoxy) is 6. The minimum absolute atomic E-state index is 0.0276. The Bertz CT molecular complexity index is 948. The van der Waals surface area contributed by atoms with Crippen molar-refractivity contribution in [2.24, 2.45) is 11.8 Å². The molecule has 0 saturated carbocycles. The molecule has 0 heterocycles. The lowest BCUT2D eigenvalue weighted by Gasteiger charge is -2.19. The number of rotatable bonds is 17. The van der Waals surface area contributed by atoms with Gasteiger partial charge in [-0.2, -0.15) is 0 Å². The molecule has 1 aromatic carbocycles. The second-order valence-electron chi connectivity index (χ2n) is 10.1. The molecule has 1 rings (SSSR count). The number of hydrogen-bond acceptors (Lipinski definition) is 11. The SMILES string of the molecule is CCCOC(=O)OC(C)CN[C@@H](Cc1ccc(OC(=O)OCCC(C)C)c(OC(=O)OCCC(C)C)c1)C(=O)O. The van der Waals surface area contributed by atoms with E-state index in [2.05, 4.69) is 5.32 Å². The molecule has 0 aliphatic heterocycles. The molecule has 2 atom stereocenters. The lowest BCUT2D eigenvalue weighted by Crippen LogP contribution is -2.42. The molecule has 12 heteroatoms. The zero-order chi connectivity index (χ0) is 30.1. The maximum Gasteiger partial charge on any atom is 0.513 e. The first kappa shape index (κ1) is 34.5. The van der Waals surface area contributed by atoms with E-state index < -0.39 is 36.6 Å². The van der Waals surface area contributed by atoms with Crippen LogP contribution in [-0.2, 0) is 30.2 Å². The number of carboxylic acid groups (broad SMARTS) is 1. The molecule has 2 N–H and O–H groups in total. The summed E-state index contributed by atoms with van der Waals surface area (Å²) in [6.45, 7) is 11.9. The lowest BCUT2D eigenvalue weighted by atomic mass is 10.0. The van der Waals surface area contributed by atoms with Crippen LogP contribution in [0.1, 0.15) is 66.4 Å². The average Bonchev–Trinajstić information content (AvgIpc) is 2.86. The first-order valence-electron chi connectivity index (χ1n) is 13.5. The fourth-order valence-corrected chi connectivity index (χ4v) is 3.05. The van der Waals surface area contributed by atoms with Gasteiger partial charge < -0.3 is 38.8 Å². The van der Waals surface area contributed by atoms with E-state index in [1.54, 1.807) is 6.92 Å². The van der Waals surface area contributed by atoms with Crippen molar-refractivity contribution in [2.75, 3.05) is 26.4 Å². The highest BCUT2D eigenvalue weighted by Crippen LogP contribution is 2.30. The summed E-state index contributed by atoms with van der Waals surface area (Å²) in [5, 5.41) is 12.5. The van der Waals surface area contributed by atoms with E-state index in [1.165, 1.54) is 18.2 Å². The predicted molar refractivity (Wildman–Crippen MR) is 145 cm³/mol. The van der Waals surface area contributed by atoms with Crippen LogP contribution in [0.3, 0.4) is 0 Å². The molecule has 12 nitrogen and oxygen atoms in total. The normalized spacial score (nSPS) is 12.4. The van der Waals surface area contributed by atoms with Crippen LogP contribution in [0.5, 0.6) is 11.5 Å². The minimum Gasteiger partial charge on any atom is -0.480 e. The number of benzene rings is 1. The van der Waals surface area contributed by atoms with Crippen LogP contribution in [0.15, 0.2) is 18.2 Å². The molecule has 0 bridgehead atoms. The molecule has 0 aromatic heterocycles. The van der Waals surface area contributed by atoms with Crippen LogP contribution in [-0.4, -0.2) is 68.1 Å². The van der Waals surface area contributed by atoms with Gasteiger partial charge in [0.1, 0.15) is 12.1 Å². The van der Waals surface area contributed by atoms with Gasteiger partial charge in [0.2, 0.25) is 0 Å². The van der Waals surface area contributed by atoms with E-state index in [-0.39, 0.29) is 44.3 Å². The van der Waals surface area contributed by atoms with E-state index in [0.29, 0.717) is 36.7 Å². The van der Waals surface area contributed by atoms with E-state index in [0.717, 1.165) is 0 Å². The number of hydrogen-bond donors (Lipinski definition) is 2. The van der Waals surface area contributed by atoms with Crippen molar-refractivity contribution in [3.05, 3.63) is 23.8 Å². The zero-order valence-electron chi connectivity index (χ0n) is 24.2. The maximum atomic E-state index is 12.3. The third kappa shape index (κ3) is 15.2. The van der Waals surface area contributed by atoms with Gasteiger partial charge in [0.25, 0.3) is 0 Å². The monoisotopic (exact) mass is 569 g/mol. The predicted octanol–water partition coefficient (Wildman–Crippen LogP) is 5.35. The van der Waals surface area contributed by atoms with Gasteiger partial charge >= 0.3 is 24.4 Å². The average molecular weight is 570 g/mol. The smallest absolute Gasteiger partial charge is 0.480 e. The highest BCUT2D eigenvalue weighted by molar-refractivity contribution is 5.74. The van der Waals surface area contributed by atoms with Crippen molar-refractivity contribution < 1.29 is 52.7 Å². The van der Waals surface area contributed by atoms with Crippen LogP contribution >= 0.6 is 0 Å². The fourth-order valence-electron chi connectivity index (χ4n) is 3.05. The molecular formula is C28H43NO11. The Morgan fingerprint density at radius 2 is 1.35 bits per heavy atom. The van der Waals surface area contributed by atoms with Gasteiger partial charge in [0, 0.05) is 6.54 Å². The van der Waals surface area contributed by atoms with Gasteiger partial charge in [-0.3, -0.25) is 4.79 Å². The highest BCUT2D eigenvalue weighted by Gasteiger charge is 2.22. The molecule has 1 aromatic rings. The summed E-state index contributed by atoms with van der Waals surface area (Å²) in [7, 11) is 0. The molecule has 0 saturated heterocycles. The Morgan fingerprint density at radius 3 is 1.88 bits per heavy atom. The summed E-state index contributed by atoms with van der Waals surface area (Å²) in [5.41, 5.74) is 0.460. The summed E-state index contributed by atoms with van der Waals surface area (Å²) < 4.78 is 30.6. The Morgan fingerprint density at radius 1 is 0.800 bits per heavy atom. The van der Waals surface area contributed by atoms with Gasteiger partial charge in [0.15, 0.2) is 11.5 Å². The van der Waals surface area contributed by atoms with E-state index >= 15 is 0 Å². The molecule has 0 aliphatic rings. The van der Waals surface area contributed by atoms with Crippen molar-refractivity contribution >= 4 is 24.4 Å². The topological polar surface area (TPSA) is 156 Å². The molecular weight excluding hydrogens is 526 g/mol. The molecule has 0 fully saturated rings. The first-order chi connectivity index (χ1) is 18.9. The standard InChI is InChI=1S/C28H43NO11/c1-7-12-35-26(32)38-20(6)17-29-22(25(30)31)15-21-8-9-23(39-27(33)36-13-10-18(2)3)24(16-21)40-28(34)37-14-11-19(4)5/h8-9,16,18-20,22,29H,7,10-15,17H2,1-6H3,(H,30,31)/t20?,22-/m0/s1. The van der Waals surface area contributed by atoms with Crippen molar-refractivity contribution in [3.63, 3.8) is 0 Å². The summed E-state index contributed by atoms with van der Waals surface area (Å²) >= 11 is 0. The van der Waals surface area contributed by atoms with E-state index in [4.69, 9.17) is 28.4 Å². The second kappa shape index (κ2) is 18.7. The molecule has 0 aliphatic carbocycles. The largest absolute Gasteiger partial charge is 0.513 e. The van der Waals surface area contributed by atoms with Gasteiger partial charge in [-0.1, -0.05) is 40.7 Å². The van der Waals surface area contributed by atoms with Crippen LogP contribution < -0.4 is 14.8 Å². The number of carbonyl (C=O) groups excluding carboxylic acids is 3. The summed E-state index contributed by atoms with van der Waals surface area (Å²) in [6.07, 6.45) is -1.55. The van der Waals surface area contributed by atoms with Gasteiger partial charge in [-0.05, 0) is 62.1 Å². The molecule has 0 radical (unpaired) electrons. The number of nitrogens with one attached hydrogen (secondary N) is 1. The van der Waals surface area contributed by atoms with Crippen LogP contribution in [0.4, 0.5) is 14.4 Å². The van der Waals surface area contributed by atoms with Crippen LogP contribution in [0.2, 0.25) is 0 Å². The van der Waals surface area contributed by atoms with Gasteiger partial charge in [-0.15, -0.1) is 0 Å². The van der Waals surface area contributed by atoms with E-state index in [1.807, 2.05) is 34.6 Å². The maximum absolute atomic E-state index is 12.3. The Labute approximate surface area is 235 Å². The summed E-state index contributed by atoms with van der Waals surface area (Å²) in [4.78, 5) is 48.0.